The van der Waals surface area contributed by atoms with Gasteiger partial charge in [-0.05, 0) is 17.7 Å². The molecule has 1 aromatic carbocycles. The van der Waals surface area contributed by atoms with E-state index in [9.17, 15) is 4.39 Å². The summed E-state index contributed by atoms with van der Waals surface area (Å²) in [6.45, 7) is 1.45. The van der Waals surface area contributed by atoms with Gasteiger partial charge in [-0.3, -0.25) is 5.01 Å². The Labute approximate surface area is 82.0 Å². The molecular formula is C10H12FN3. The van der Waals surface area contributed by atoms with Gasteiger partial charge in [-0.25, -0.2) is 4.39 Å². The van der Waals surface area contributed by atoms with Crippen molar-refractivity contribution in [3.8, 4) is 0 Å². The van der Waals surface area contributed by atoms with Crippen LogP contribution in [-0.2, 0) is 6.54 Å². The van der Waals surface area contributed by atoms with Crippen LogP contribution in [0, 0.1) is 5.82 Å². The zero-order valence-electron chi connectivity index (χ0n) is 7.78. The molecule has 0 fully saturated rings. The number of nitrogens with zero attached hydrogens (tertiary/aromatic N) is 2. The van der Waals surface area contributed by atoms with Gasteiger partial charge in [0.15, 0.2) is 0 Å². The zero-order chi connectivity index (χ0) is 9.97. The van der Waals surface area contributed by atoms with E-state index in [2.05, 4.69) is 5.10 Å². The Morgan fingerprint density at radius 1 is 1.50 bits per heavy atom. The Hall–Kier alpha value is -1.58. The lowest BCUT2D eigenvalue weighted by Crippen LogP contribution is -2.13. The van der Waals surface area contributed by atoms with E-state index in [-0.39, 0.29) is 5.82 Å². The van der Waals surface area contributed by atoms with Gasteiger partial charge in [-0.2, -0.15) is 5.10 Å². The van der Waals surface area contributed by atoms with Crippen LogP contribution in [0.4, 0.5) is 4.39 Å². The van der Waals surface area contributed by atoms with E-state index in [1.54, 1.807) is 6.07 Å². The molecule has 0 radical (unpaired) electrons. The fraction of sp³-hybridized carbons (Fsp3) is 0.300. The molecule has 1 aliphatic rings. The first-order valence-corrected chi connectivity index (χ1v) is 4.56. The topological polar surface area (TPSA) is 41.6 Å². The van der Waals surface area contributed by atoms with Crippen molar-refractivity contribution < 1.29 is 4.39 Å². The van der Waals surface area contributed by atoms with Crippen LogP contribution in [0.2, 0.25) is 0 Å². The molecule has 0 aliphatic carbocycles. The van der Waals surface area contributed by atoms with Crippen LogP contribution in [0.3, 0.4) is 0 Å². The van der Waals surface area contributed by atoms with E-state index < -0.39 is 0 Å². The second-order valence-electron chi connectivity index (χ2n) is 3.36. The summed E-state index contributed by atoms with van der Waals surface area (Å²) in [6, 6.07) is 6.54. The molecule has 0 spiro atoms. The van der Waals surface area contributed by atoms with Crippen molar-refractivity contribution in [2.75, 3.05) is 6.54 Å². The molecule has 0 unspecified atom stereocenters. The lowest BCUT2D eigenvalue weighted by atomic mass is 10.2. The molecule has 74 valence electrons. The summed E-state index contributed by atoms with van der Waals surface area (Å²) < 4.78 is 12.8. The highest BCUT2D eigenvalue weighted by atomic mass is 19.1. The molecule has 1 aliphatic heterocycles. The molecule has 2 rings (SSSR count). The molecule has 1 heterocycles. The maximum absolute atomic E-state index is 12.8. The average molecular weight is 193 g/mol. The number of hydrogen-bond donors (Lipinski definition) is 1. The quantitative estimate of drug-likeness (QED) is 0.769. The maximum atomic E-state index is 12.8. The molecule has 0 atom stereocenters. The van der Waals surface area contributed by atoms with Crippen LogP contribution in [0.5, 0.6) is 0 Å². The molecule has 3 nitrogen and oxygen atoms in total. The van der Waals surface area contributed by atoms with Gasteiger partial charge in [-0.1, -0.05) is 12.1 Å². The minimum atomic E-state index is -0.210. The molecule has 0 saturated carbocycles. The zero-order valence-corrected chi connectivity index (χ0v) is 7.78. The van der Waals surface area contributed by atoms with Gasteiger partial charge in [0.1, 0.15) is 11.7 Å². The van der Waals surface area contributed by atoms with E-state index in [0.29, 0.717) is 12.4 Å². The second kappa shape index (κ2) is 3.65. The van der Waals surface area contributed by atoms with E-state index in [0.717, 1.165) is 18.5 Å². The largest absolute Gasteiger partial charge is 0.386 e. The van der Waals surface area contributed by atoms with Gasteiger partial charge in [0.25, 0.3) is 0 Å². The summed E-state index contributed by atoms with van der Waals surface area (Å²) in [5.41, 5.74) is 6.46. The van der Waals surface area contributed by atoms with Crippen molar-refractivity contribution in [2.45, 2.75) is 13.0 Å². The highest BCUT2D eigenvalue weighted by molar-refractivity contribution is 5.81. The van der Waals surface area contributed by atoms with Crippen LogP contribution >= 0.6 is 0 Å². The molecular weight excluding hydrogens is 181 g/mol. The summed E-state index contributed by atoms with van der Waals surface area (Å²) in [6.07, 6.45) is 0.801. The number of rotatable bonds is 2. The molecule has 1 aromatic rings. The third-order valence-corrected chi connectivity index (χ3v) is 2.15. The van der Waals surface area contributed by atoms with E-state index in [1.165, 1.54) is 12.1 Å². The monoisotopic (exact) mass is 193 g/mol. The maximum Gasteiger partial charge on any atom is 0.123 e. The van der Waals surface area contributed by atoms with Gasteiger partial charge in [-0.15, -0.1) is 0 Å². The first kappa shape index (κ1) is 8.99. The Morgan fingerprint density at radius 3 is 3.00 bits per heavy atom. The third kappa shape index (κ3) is 2.02. The average Bonchev–Trinajstić information content (AvgIpc) is 2.51. The van der Waals surface area contributed by atoms with Crippen LogP contribution in [0.25, 0.3) is 0 Å². The number of hydrazone groups is 1. The van der Waals surface area contributed by atoms with Gasteiger partial charge >= 0.3 is 0 Å². The van der Waals surface area contributed by atoms with E-state index in [1.807, 2.05) is 11.1 Å². The summed E-state index contributed by atoms with van der Waals surface area (Å²) >= 11 is 0. The second-order valence-corrected chi connectivity index (χ2v) is 3.36. The number of amidine groups is 1. The Bertz CT molecular complexity index is 362. The van der Waals surface area contributed by atoms with Crippen molar-refractivity contribution in [2.24, 2.45) is 10.8 Å². The minimum absolute atomic E-state index is 0.210. The molecule has 0 amide bonds. The minimum Gasteiger partial charge on any atom is -0.386 e. The number of nitrogens with two attached hydrogens (primary N) is 1. The number of hydrogen-bond acceptors (Lipinski definition) is 3. The summed E-state index contributed by atoms with van der Waals surface area (Å²) in [7, 11) is 0. The standard InChI is InChI=1S/C10H12FN3/c11-9-3-1-2-8(6-9)7-14-5-4-10(12)13-14/h1-3,6H,4-5,7H2,(H2,12,13). The van der Waals surface area contributed by atoms with Gasteiger partial charge in [0.2, 0.25) is 0 Å². The summed E-state index contributed by atoms with van der Waals surface area (Å²) in [4.78, 5) is 0. The number of benzene rings is 1. The predicted octanol–water partition coefficient (Wildman–Crippen LogP) is 1.30. The smallest absolute Gasteiger partial charge is 0.123 e. The van der Waals surface area contributed by atoms with Crippen molar-refractivity contribution in [1.29, 1.82) is 0 Å². The van der Waals surface area contributed by atoms with E-state index >= 15 is 0 Å². The highest BCUT2D eigenvalue weighted by Gasteiger charge is 2.11. The van der Waals surface area contributed by atoms with Crippen molar-refractivity contribution in [3.63, 3.8) is 0 Å². The Balaban J connectivity index is 2.04. The van der Waals surface area contributed by atoms with Crippen molar-refractivity contribution >= 4 is 5.84 Å². The highest BCUT2D eigenvalue weighted by Crippen LogP contribution is 2.11. The fourth-order valence-corrected chi connectivity index (χ4v) is 1.49. The Kier molecular flexibility index (Phi) is 2.35. The lowest BCUT2D eigenvalue weighted by Gasteiger charge is -2.12. The fourth-order valence-electron chi connectivity index (χ4n) is 1.49. The lowest BCUT2D eigenvalue weighted by molar-refractivity contribution is 0.309. The first-order valence-electron chi connectivity index (χ1n) is 4.56. The Morgan fingerprint density at radius 2 is 2.36 bits per heavy atom. The third-order valence-electron chi connectivity index (χ3n) is 2.15. The SMILES string of the molecule is NC1=NN(Cc2cccc(F)c2)CC1. The van der Waals surface area contributed by atoms with Crippen LogP contribution in [0.15, 0.2) is 29.4 Å². The van der Waals surface area contributed by atoms with Crippen LogP contribution in [-0.4, -0.2) is 17.4 Å². The normalized spacial score (nSPS) is 15.8. The molecule has 14 heavy (non-hydrogen) atoms. The van der Waals surface area contributed by atoms with Gasteiger partial charge in [0.05, 0.1) is 6.54 Å². The van der Waals surface area contributed by atoms with Gasteiger partial charge in [0, 0.05) is 13.0 Å². The molecule has 4 heteroatoms. The molecule has 0 aromatic heterocycles. The van der Waals surface area contributed by atoms with Gasteiger partial charge < -0.3 is 5.73 Å². The predicted molar refractivity (Wildman–Crippen MR) is 53.0 cm³/mol. The summed E-state index contributed by atoms with van der Waals surface area (Å²) in [5.74, 6) is 0.444. The summed E-state index contributed by atoms with van der Waals surface area (Å²) in [5, 5.41) is 5.97. The van der Waals surface area contributed by atoms with Crippen LogP contribution < -0.4 is 5.73 Å². The first-order chi connectivity index (χ1) is 6.74. The molecule has 0 saturated heterocycles. The molecule has 0 bridgehead atoms. The number of halogens is 1. The van der Waals surface area contributed by atoms with E-state index in [4.69, 9.17) is 5.73 Å². The van der Waals surface area contributed by atoms with Crippen LogP contribution in [0.1, 0.15) is 12.0 Å². The molecule has 2 N–H and O–H groups in total. The van der Waals surface area contributed by atoms with Crippen molar-refractivity contribution in [3.05, 3.63) is 35.6 Å². The van der Waals surface area contributed by atoms with Crippen molar-refractivity contribution in [1.82, 2.24) is 5.01 Å².